The number of hydrogen-bond donors (Lipinski definition) is 1. The second-order valence-electron chi connectivity index (χ2n) is 5.46. The zero-order chi connectivity index (χ0) is 18.9. The molecule has 0 saturated heterocycles. The van der Waals surface area contributed by atoms with E-state index in [1.165, 1.54) is 0 Å². The molecular weight excluding hydrogens is 391 g/mol. The van der Waals surface area contributed by atoms with Crippen LogP contribution in [-0.2, 0) is 4.79 Å². The van der Waals surface area contributed by atoms with Crippen molar-refractivity contribution in [2.45, 2.75) is 19.8 Å². The molecule has 2 rings (SSSR count). The standard InChI is InChI=1S/C19H20Cl2N2O2S/c1-2-23(15-7-4-3-5-8-15)19(26)22-18(24)9-6-12-25-17-11-10-14(20)13-16(17)21/h3-5,7-8,10-11,13H,2,6,9,12H2,1H3,(H,22,24,26). The van der Waals surface area contributed by atoms with Crippen LogP contribution in [0.15, 0.2) is 48.5 Å². The minimum atomic E-state index is -0.143. The summed E-state index contributed by atoms with van der Waals surface area (Å²) in [6.07, 6.45) is 0.850. The third-order valence-corrected chi connectivity index (χ3v) is 4.43. The first kappa shape index (κ1) is 20.5. The summed E-state index contributed by atoms with van der Waals surface area (Å²) in [5, 5.41) is 4.16. The smallest absolute Gasteiger partial charge is 0.226 e. The van der Waals surface area contributed by atoms with E-state index in [0.29, 0.717) is 46.9 Å². The zero-order valence-corrected chi connectivity index (χ0v) is 16.7. The molecule has 0 aromatic heterocycles. The van der Waals surface area contributed by atoms with Gasteiger partial charge >= 0.3 is 0 Å². The zero-order valence-electron chi connectivity index (χ0n) is 14.4. The van der Waals surface area contributed by atoms with Crippen molar-refractivity contribution in [3.05, 3.63) is 58.6 Å². The van der Waals surface area contributed by atoms with Crippen LogP contribution >= 0.6 is 35.4 Å². The van der Waals surface area contributed by atoms with Crippen molar-refractivity contribution in [2.24, 2.45) is 0 Å². The highest BCUT2D eigenvalue weighted by molar-refractivity contribution is 7.80. The summed E-state index contributed by atoms with van der Waals surface area (Å²) in [5.41, 5.74) is 0.945. The topological polar surface area (TPSA) is 41.6 Å². The summed E-state index contributed by atoms with van der Waals surface area (Å²) >= 11 is 17.2. The third kappa shape index (κ3) is 6.16. The number of nitrogens with one attached hydrogen (secondary N) is 1. The van der Waals surface area contributed by atoms with Crippen molar-refractivity contribution in [1.29, 1.82) is 0 Å². The molecule has 0 atom stereocenters. The average Bonchev–Trinajstić information content (AvgIpc) is 2.61. The van der Waals surface area contributed by atoms with Crippen molar-refractivity contribution in [2.75, 3.05) is 18.1 Å². The Kier molecular flexibility index (Phi) is 8.16. The number of nitrogens with zero attached hydrogens (tertiary/aromatic N) is 1. The van der Waals surface area contributed by atoms with Crippen LogP contribution in [0.4, 0.5) is 5.69 Å². The molecule has 2 aromatic rings. The van der Waals surface area contributed by atoms with E-state index in [0.717, 1.165) is 5.69 Å². The van der Waals surface area contributed by atoms with Gasteiger partial charge in [0.05, 0.1) is 11.6 Å². The van der Waals surface area contributed by atoms with Gasteiger partial charge in [-0.2, -0.15) is 0 Å². The highest BCUT2D eigenvalue weighted by Crippen LogP contribution is 2.27. The Hall–Kier alpha value is -1.82. The van der Waals surface area contributed by atoms with Crippen LogP contribution in [0, 0.1) is 0 Å². The Balaban J connectivity index is 1.76. The molecule has 0 aliphatic heterocycles. The minimum absolute atomic E-state index is 0.143. The normalized spacial score (nSPS) is 10.3. The van der Waals surface area contributed by atoms with Gasteiger partial charge in [-0.1, -0.05) is 41.4 Å². The molecule has 2 aromatic carbocycles. The molecule has 0 saturated carbocycles. The predicted octanol–water partition coefficient (Wildman–Crippen LogP) is 5.08. The van der Waals surface area contributed by atoms with Crippen LogP contribution in [0.2, 0.25) is 10.0 Å². The summed E-state index contributed by atoms with van der Waals surface area (Å²) in [5.74, 6) is 0.406. The van der Waals surface area contributed by atoms with Crippen LogP contribution in [0.1, 0.15) is 19.8 Å². The highest BCUT2D eigenvalue weighted by atomic mass is 35.5. The summed E-state index contributed by atoms with van der Waals surface area (Å²) in [6, 6.07) is 14.7. The van der Waals surface area contributed by atoms with Gasteiger partial charge in [-0.05, 0) is 55.9 Å². The second-order valence-corrected chi connectivity index (χ2v) is 6.69. The lowest BCUT2D eigenvalue weighted by Crippen LogP contribution is -2.42. The Bertz CT molecular complexity index is 756. The third-order valence-electron chi connectivity index (χ3n) is 3.58. The van der Waals surface area contributed by atoms with E-state index in [1.807, 2.05) is 42.2 Å². The first-order chi connectivity index (χ1) is 12.5. The maximum absolute atomic E-state index is 12.1. The number of carbonyl (C=O) groups excluding carboxylic acids is 1. The first-order valence-electron chi connectivity index (χ1n) is 8.25. The molecule has 0 aliphatic rings. The molecule has 0 radical (unpaired) electrons. The van der Waals surface area contributed by atoms with Crippen molar-refractivity contribution in [3.63, 3.8) is 0 Å². The fourth-order valence-corrected chi connectivity index (χ4v) is 3.12. The molecule has 0 aliphatic carbocycles. The second kappa shape index (κ2) is 10.4. The fraction of sp³-hybridized carbons (Fsp3) is 0.263. The van der Waals surface area contributed by atoms with E-state index in [-0.39, 0.29) is 5.91 Å². The highest BCUT2D eigenvalue weighted by Gasteiger charge is 2.12. The van der Waals surface area contributed by atoms with Gasteiger partial charge in [-0.3, -0.25) is 4.79 Å². The van der Waals surface area contributed by atoms with Crippen LogP contribution in [-0.4, -0.2) is 24.2 Å². The van der Waals surface area contributed by atoms with Gasteiger partial charge in [0.1, 0.15) is 5.75 Å². The molecule has 0 fully saturated rings. The number of amides is 1. The number of rotatable bonds is 7. The molecule has 0 bridgehead atoms. The lowest BCUT2D eigenvalue weighted by molar-refractivity contribution is -0.119. The molecule has 7 heteroatoms. The van der Waals surface area contributed by atoms with Gasteiger partial charge in [-0.25, -0.2) is 0 Å². The Morgan fingerprint density at radius 1 is 1.19 bits per heavy atom. The predicted molar refractivity (Wildman–Crippen MR) is 111 cm³/mol. The quantitative estimate of drug-likeness (QED) is 0.510. The minimum Gasteiger partial charge on any atom is -0.492 e. The summed E-state index contributed by atoms with van der Waals surface area (Å²) in [7, 11) is 0. The van der Waals surface area contributed by atoms with Crippen molar-refractivity contribution in [1.82, 2.24) is 5.32 Å². The van der Waals surface area contributed by atoms with E-state index in [1.54, 1.807) is 18.2 Å². The molecule has 138 valence electrons. The van der Waals surface area contributed by atoms with Gasteiger partial charge in [0, 0.05) is 23.7 Å². The van der Waals surface area contributed by atoms with Crippen LogP contribution in [0.25, 0.3) is 0 Å². The number of para-hydroxylation sites is 1. The van der Waals surface area contributed by atoms with Crippen molar-refractivity contribution >= 4 is 52.1 Å². The van der Waals surface area contributed by atoms with Gasteiger partial charge in [0.25, 0.3) is 0 Å². The van der Waals surface area contributed by atoms with E-state index in [4.69, 9.17) is 40.2 Å². The first-order valence-corrected chi connectivity index (χ1v) is 9.42. The summed E-state index contributed by atoms with van der Waals surface area (Å²) in [6.45, 7) is 3.02. The SMILES string of the molecule is CCN(C(=S)NC(=O)CCCOc1ccc(Cl)cc1Cl)c1ccccc1. The number of thiocarbonyl (C=S) groups is 1. The number of halogens is 2. The molecule has 0 heterocycles. The van der Waals surface area contributed by atoms with Gasteiger partial charge in [0.15, 0.2) is 5.11 Å². The molecule has 4 nitrogen and oxygen atoms in total. The number of ether oxygens (including phenoxy) is 1. The molecular formula is C19H20Cl2N2O2S. The Labute approximate surface area is 169 Å². The maximum Gasteiger partial charge on any atom is 0.226 e. The molecule has 1 amide bonds. The van der Waals surface area contributed by atoms with Gasteiger partial charge in [-0.15, -0.1) is 0 Å². The molecule has 26 heavy (non-hydrogen) atoms. The molecule has 0 unspecified atom stereocenters. The number of carbonyl (C=O) groups is 1. The van der Waals surface area contributed by atoms with Gasteiger partial charge < -0.3 is 15.0 Å². The van der Waals surface area contributed by atoms with Crippen LogP contribution in [0.3, 0.4) is 0 Å². The lowest BCUT2D eigenvalue weighted by Gasteiger charge is -2.23. The van der Waals surface area contributed by atoms with Crippen LogP contribution in [0.5, 0.6) is 5.75 Å². The number of benzene rings is 2. The van der Waals surface area contributed by atoms with Crippen molar-refractivity contribution in [3.8, 4) is 5.75 Å². The fourth-order valence-electron chi connectivity index (χ4n) is 2.31. The van der Waals surface area contributed by atoms with Crippen molar-refractivity contribution < 1.29 is 9.53 Å². The van der Waals surface area contributed by atoms with E-state index in [2.05, 4.69) is 5.32 Å². The monoisotopic (exact) mass is 410 g/mol. The van der Waals surface area contributed by atoms with E-state index < -0.39 is 0 Å². The van der Waals surface area contributed by atoms with Gasteiger partial charge in [0.2, 0.25) is 5.91 Å². The Morgan fingerprint density at radius 3 is 2.58 bits per heavy atom. The largest absolute Gasteiger partial charge is 0.492 e. The van der Waals surface area contributed by atoms with Crippen LogP contribution < -0.4 is 15.0 Å². The van der Waals surface area contributed by atoms with E-state index >= 15 is 0 Å². The molecule has 0 spiro atoms. The molecule has 1 N–H and O–H groups in total. The number of anilines is 1. The van der Waals surface area contributed by atoms with E-state index in [9.17, 15) is 4.79 Å². The summed E-state index contributed by atoms with van der Waals surface area (Å²) < 4.78 is 5.57. The Morgan fingerprint density at radius 2 is 1.92 bits per heavy atom. The lowest BCUT2D eigenvalue weighted by atomic mass is 10.3. The number of hydrogen-bond acceptors (Lipinski definition) is 3. The maximum atomic E-state index is 12.1. The summed E-state index contributed by atoms with van der Waals surface area (Å²) in [4.78, 5) is 14.0. The average molecular weight is 411 g/mol.